The fraction of sp³-hybridized carbons (Fsp3) is 0.462. The molecule has 1 N–H and O–H groups in total. The van der Waals surface area contributed by atoms with Gasteiger partial charge in [-0.05, 0) is 47.4 Å². The Kier molecular flexibility index (Phi) is 5.71. The third kappa shape index (κ3) is 4.06. The fourth-order valence-electron chi connectivity index (χ4n) is 1.55. The standard InChI is InChI=1S/C13H19BrN2/c1-4-10(3)8-13(15-5-2)12-7-6-11(14)9-16-12/h6-7,9,13,15H,3-5,8H2,1-2H3. The molecule has 88 valence electrons. The van der Waals surface area contributed by atoms with Crippen molar-refractivity contribution in [2.75, 3.05) is 6.54 Å². The third-order valence-electron chi connectivity index (χ3n) is 2.55. The predicted octanol–water partition coefficient (Wildman–Crippen LogP) is 3.85. The van der Waals surface area contributed by atoms with Crippen LogP contribution >= 0.6 is 15.9 Å². The van der Waals surface area contributed by atoms with E-state index in [4.69, 9.17) is 0 Å². The molecule has 0 aliphatic rings. The van der Waals surface area contributed by atoms with Crippen molar-refractivity contribution in [1.29, 1.82) is 0 Å². The van der Waals surface area contributed by atoms with Crippen LogP contribution in [0.5, 0.6) is 0 Å². The predicted molar refractivity (Wildman–Crippen MR) is 72.4 cm³/mol. The number of rotatable bonds is 6. The first-order valence-corrected chi connectivity index (χ1v) is 6.48. The first kappa shape index (κ1) is 13.4. The number of nitrogens with zero attached hydrogens (tertiary/aromatic N) is 1. The zero-order valence-electron chi connectivity index (χ0n) is 9.96. The van der Waals surface area contributed by atoms with Gasteiger partial charge in [-0.15, -0.1) is 0 Å². The van der Waals surface area contributed by atoms with Crippen molar-refractivity contribution in [3.8, 4) is 0 Å². The summed E-state index contributed by atoms with van der Waals surface area (Å²) < 4.78 is 1.01. The molecule has 0 amide bonds. The molecule has 0 radical (unpaired) electrons. The lowest BCUT2D eigenvalue weighted by molar-refractivity contribution is 0.530. The Morgan fingerprint density at radius 3 is 2.75 bits per heavy atom. The monoisotopic (exact) mass is 282 g/mol. The molecule has 0 fully saturated rings. The van der Waals surface area contributed by atoms with E-state index in [-0.39, 0.29) is 6.04 Å². The van der Waals surface area contributed by atoms with Crippen LogP contribution in [0.15, 0.2) is 35.0 Å². The molecule has 0 aliphatic carbocycles. The van der Waals surface area contributed by atoms with Gasteiger partial charge in [0.2, 0.25) is 0 Å². The summed E-state index contributed by atoms with van der Waals surface area (Å²) in [4.78, 5) is 4.43. The average molecular weight is 283 g/mol. The third-order valence-corrected chi connectivity index (χ3v) is 3.02. The van der Waals surface area contributed by atoms with Crippen molar-refractivity contribution in [3.63, 3.8) is 0 Å². The van der Waals surface area contributed by atoms with Gasteiger partial charge in [-0.25, -0.2) is 0 Å². The van der Waals surface area contributed by atoms with E-state index in [2.05, 4.69) is 52.7 Å². The van der Waals surface area contributed by atoms with Gasteiger partial charge in [0.25, 0.3) is 0 Å². The van der Waals surface area contributed by atoms with Crippen LogP contribution in [-0.2, 0) is 0 Å². The van der Waals surface area contributed by atoms with Crippen LogP contribution in [0.3, 0.4) is 0 Å². The summed E-state index contributed by atoms with van der Waals surface area (Å²) >= 11 is 3.40. The van der Waals surface area contributed by atoms with E-state index in [1.165, 1.54) is 5.57 Å². The van der Waals surface area contributed by atoms with E-state index in [0.29, 0.717) is 0 Å². The lowest BCUT2D eigenvalue weighted by atomic mass is 10.0. The number of halogens is 1. The first-order valence-electron chi connectivity index (χ1n) is 5.68. The smallest absolute Gasteiger partial charge is 0.0577 e. The van der Waals surface area contributed by atoms with E-state index >= 15 is 0 Å². The molecule has 1 unspecified atom stereocenters. The quantitative estimate of drug-likeness (QED) is 0.802. The van der Waals surface area contributed by atoms with Gasteiger partial charge in [-0.3, -0.25) is 4.98 Å². The normalized spacial score (nSPS) is 12.4. The molecule has 1 atom stereocenters. The zero-order chi connectivity index (χ0) is 12.0. The first-order chi connectivity index (χ1) is 7.67. The second-order valence-corrected chi connectivity index (χ2v) is 4.73. The van der Waals surface area contributed by atoms with E-state index in [0.717, 1.165) is 29.6 Å². The minimum Gasteiger partial charge on any atom is -0.309 e. The molecule has 16 heavy (non-hydrogen) atoms. The highest BCUT2D eigenvalue weighted by Gasteiger charge is 2.12. The second-order valence-electron chi connectivity index (χ2n) is 3.82. The van der Waals surface area contributed by atoms with Crippen LogP contribution < -0.4 is 5.32 Å². The number of aromatic nitrogens is 1. The molecule has 0 aromatic carbocycles. The maximum Gasteiger partial charge on any atom is 0.0577 e. The zero-order valence-corrected chi connectivity index (χ0v) is 11.5. The van der Waals surface area contributed by atoms with Gasteiger partial charge in [0.05, 0.1) is 11.7 Å². The van der Waals surface area contributed by atoms with Crippen LogP contribution in [-0.4, -0.2) is 11.5 Å². The van der Waals surface area contributed by atoms with E-state index in [9.17, 15) is 0 Å². The fourth-order valence-corrected chi connectivity index (χ4v) is 1.79. The molecule has 1 aromatic heterocycles. The highest BCUT2D eigenvalue weighted by Crippen LogP contribution is 2.21. The Morgan fingerprint density at radius 2 is 2.25 bits per heavy atom. The summed E-state index contributed by atoms with van der Waals surface area (Å²) in [6.07, 6.45) is 3.83. The van der Waals surface area contributed by atoms with Crippen molar-refractivity contribution < 1.29 is 0 Å². The van der Waals surface area contributed by atoms with Crippen molar-refractivity contribution in [3.05, 3.63) is 40.6 Å². The molecule has 0 saturated carbocycles. The van der Waals surface area contributed by atoms with Crippen LogP contribution in [0.1, 0.15) is 38.4 Å². The van der Waals surface area contributed by atoms with Gasteiger partial charge in [0.1, 0.15) is 0 Å². The van der Waals surface area contributed by atoms with E-state index < -0.39 is 0 Å². The van der Waals surface area contributed by atoms with Crippen molar-refractivity contribution >= 4 is 15.9 Å². The van der Waals surface area contributed by atoms with Gasteiger partial charge >= 0.3 is 0 Å². The highest BCUT2D eigenvalue weighted by atomic mass is 79.9. The van der Waals surface area contributed by atoms with Crippen LogP contribution in [0.4, 0.5) is 0 Å². The summed E-state index contributed by atoms with van der Waals surface area (Å²) in [5.74, 6) is 0. The number of hydrogen-bond donors (Lipinski definition) is 1. The van der Waals surface area contributed by atoms with Gasteiger partial charge in [0.15, 0.2) is 0 Å². The molecule has 0 spiro atoms. The summed E-state index contributed by atoms with van der Waals surface area (Å²) in [5, 5.41) is 3.44. The number of hydrogen-bond acceptors (Lipinski definition) is 2. The number of nitrogens with one attached hydrogen (secondary N) is 1. The largest absolute Gasteiger partial charge is 0.309 e. The maximum absolute atomic E-state index is 4.43. The molecule has 0 saturated heterocycles. The molecular weight excluding hydrogens is 264 g/mol. The van der Waals surface area contributed by atoms with Crippen molar-refractivity contribution in [2.24, 2.45) is 0 Å². The Morgan fingerprint density at radius 1 is 1.50 bits per heavy atom. The molecule has 3 heteroatoms. The SMILES string of the molecule is C=C(CC)CC(NCC)c1ccc(Br)cn1. The number of pyridine rings is 1. The lowest BCUT2D eigenvalue weighted by Crippen LogP contribution is -2.22. The van der Waals surface area contributed by atoms with Crippen LogP contribution in [0.2, 0.25) is 0 Å². The molecular formula is C13H19BrN2. The molecule has 0 aliphatic heterocycles. The summed E-state index contributed by atoms with van der Waals surface area (Å²) in [6, 6.07) is 4.37. The lowest BCUT2D eigenvalue weighted by Gasteiger charge is -2.18. The van der Waals surface area contributed by atoms with Gasteiger partial charge in [-0.2, -0.15) is 0 Å². The summed E-state index contributed by atoms with van der Waals surface area (Å²) in [7, 11) is 0. The molecule has 1 aromatic rings. The summed E-state index contributed by atoms with van der Waals surface area (Å²) in [5.41, 5.74) is 2.34. The Balaban J connectivity index is 2.76. The topological polar surface area (TPSA) is 24.9 Å². The Labute approximate surface area is 106 Å². The second kappa shape index (κ2) is 6.81. The minimum absolute atomic E-state index is 0.283. The average Bonchev–Trinajstić information content (AvgIpc) is 2.29. The Bertz CT molecular complexity index is 332. The van der Waals surface area contributed by atoms with Gasteiger partial charge in [-0.1, -0.05) is 26.0 Å². The molecule has 1 heterocycles. The van der Waals surface area contributed by atoms with Crippen molar-refractivity contribution in [1.82, 2.24) is 10.3 Å². The molecule has 2 nitrogen and oxygen atoms in total. The van der Waals surface area contributed by atoms with Gasteiger partial charge < -0.3 is 5.32 Å². The van der Waals surface area contributed by atoms with Gasteiger partial charge in [0, 0.05) is 10.7 Å². The van der Waals surface area contributed by atoms with Crippen LogP contribution in [0, 0.1) is 0 Å². The molecule has 1 rings (SSSR count). The van der Waals surface area contributed by atoms with Crippen molar-refractivity contribution in [2.45, 2.75) is 32.7 Å². The highest BCUT2D eigenvalue weighted by molar-refractivity contribution is 9.10. The Hall–Kier alpha value is -0.670. The van der Waals surface area contributed by atoms with E-state index in [1.54, 1.807) is 0 Å². The maximum atomic E-state index is 4.43. The molecule has 0 bridgehead atoms. The van der Waals surface area contributed by atoms with E-state index in [1.807, 2.05) is 12.3 Å². The summed E-state index contributed by atoms with van der Waals surface area (Å²) in [6.45, 7) is 9.26. The van der Waals surface area contributed by atoms with Crippen LogP contribution in [0.25, 0.3) is 0 Å². The minimum atomic E-state index is 0.283.